The Morgan fingerprint density at radius 3 is 2.00 bits per heavy atom. The number of rotatable bonds is 8. The van der Waals surface area contributed by atoms with E-state index in [0.717, 1.165) is 36.3 Å². The van der Waals surface area contributed by atoms with Crippen LogP contribution in [0.4, 0.5) is 0 Å². The molecule has 1 aliphatic rings. The third-order valence-corrected chi connectivity index (χ3v) is 4.96. The first-order valence-corrected chi connectivity index (χ1v) is 11.0. The van der Waals surface area contributed by atoms with Gasteiger partial charge >= 0.3 is 11.9 Å². The number of hydrogen-bond acceptors (Lipinski definition) is 7. The minimum absolute atomic E-state index is 0.168. The number of phenols is 2. The van der Waals surface area contributed by atoms with E-state index in [1.807, 2.05) is 12.1 Å². The highest BCUT2D eigenvalue weighted by Gasteiger charge is 2.14. The van der Waals surface area contributed by atoms with Crippen molar-refractivity contribution in [2.24, 2.45) is 0 Å². The number of carbonyl (C=O) groups is 2. The van der Waals surface area contributed by atoms with Gasteiger partial charge in [-0.15, -0.1) is 0 Å². The summed E-state index contributed by atoms with van der Waals surface area (Å²) in [4.78, 5) is 24.7. The lowest BCUT2D eigenvalue weighted by Gasteiger charge is -2.16. The summed E-state index contributed by atoms with van der Waals surface area (Å²) in [6, 6.07) is 12.1. The van der Waals surface area contributed by atoms with Crippen LogP contribution in [0.5, 0.6) is 11.5 Å². The molecule has 0 spiro atoms. The van der Waals surface area contributed by atoms with Gasteiger partial charge in [-0.3, -0.25) is 14.5 Å². The van der Waals surface area contributed by atoms with Crippen molar-refractivity contribution in [3.8, 4) is 11.5 Å². The van der Waals surface area contributed by atoms with Gasteiger partial charge in [0.1, 0.15) is 11.5 Å². The summed E-state index contributed by atoms with van der Waals surface area (Å²) in [6.45, 7) is 7.31. The van der Waals surface area contributed by atoms with Gasteiger partial charge in [-0.05, 0) is 69.1 Å². The van der Waals surface area contributed by atoms with Gasteiger partial charge in [0.25, 0.3) is 0 Å². The van der Waals surface area contributed by atoms with Crippen LogP contribution in [0.2, 0.25) is 0 Å². The summed E-state index contributed by atoms with van der Waals surface area (Å²) < 4.78 is 9.66. The summed E-state index contributed by atoms with van der Waals surface area (Å²) in [5, 5.41) is 19.1. The molecule has 1 fully saturated rings. The zero-order valence-electron chi connectivity index (χ0n) is 18.9. The fourth-order valence-corrected chi connectivity index (χ4v) is 3.46. The molecule has 7 heteroatoms. The van der Waals surface area contributed by atoms with Crippen molar-refractivity contribution in [1.82, 2.24) is 4.90 Å². The lowest BCUT2D eigenvalue weighted by Crippen LogP contribution is -2.18. The number of esters is 2. The topological polar surface area (TPSA) is 96.3 Å². The van der Waals surface area contributed by atoms with Crippen LogP contribution in [0.1, 0.15) is 43.4 Å². The van der Waals surface area contributed by atoms with Crippen LogP contribution in [-0.2, 0) is 38.4 Å². The van der Waals surface area contributed by atoms with E-state index in [1.54, 1.807) is 44.2 Å². The molecule has 2 aromatic carbocycles. The molecule has 0 aromatic heterocycles. The first-order chi connectivity index (χ1) is 15.4. The SMILES string of the molecule is CCOC(=O)Cc1ccc(CN2CCCC2)c(O)c1.CCOC(=O)Cc1cccc(O)c1. The summed E-state index contributed by atoms with van der Waals surface area (Å²) in [5.41, 5.74) is 2.48. The Morgan fingerprint density at radius 2 is 1.47 bits per heavy atom. The Balaban J connectivity index is 0.000000244. The molecule has 32 heavy (non-hydrogen) atoms. The van der Waals surface area contributed by atoms with Gasteiger partial charge in [0.05, 0.1) is 26.1 Å². The molecule has 0 amide bonds. The van der Waals surface area contributed by atoms with Crippen LogP contribution in [0.15, 0.2) is 42.5 Å². The second-order valence-electron chi connectivity index (χ2n) is 7.58. The minimum atomic E-state index is -0.270. The Labute approximate surface area is 189 Å². The van der Waals surface area contributed by atoms with Crippen LogP contribution in [0.3, 0.4) is 0 Å². The predicted molar refractivity (Wildman–Crippen MR) is 121 cm³/mol. The number of likely N-dealkylation sites (tertiary alicyclic amines) is 1. The molecule has 2 N–H and O–H groups in total. The van der Waals surface area contributed by atoms with Gasteiger partial charge in [-0.2, -0.15) is 0 Å². The average molecular weight is 444 g/mol. The third kappa shape index (κ3) is 8.98. The normalized spacial score (nSPS) is 13.2. The van der Waals surface area contributed by atoms with Crippen molar-refractivity contribution in [3.05, 3.63) is 59.2 Å². The van der Waals surface area contributed by atoms with Gasteiger partial charge in [0.2, 0.25) is 0 Å². The Morgan fingerprint density at radius 1 is 0.875 bits per heavy atom. The molecule has 3 rings (SSSR count). The van der Waals surface area contributed by atoms with E-state index in [9.17, 15) is 14.7 Å². The van der Waals surface area contributed by atoms with Crippen LogP contribution in [0.25, 0.3) is 0 Å². The number of hydrogen-bond donors (Lipinski definition) is 2. The van der Waals surface area contributed by atoms with Crippen LogP contribution < -0.4 is 0 Å². The van der Waals surface area contributed by atoms with Gasteiger partial charge in [0, 0.05) is 12.1 Å². The van der Waals surface area contributed by atoms with E-state index >= 15 is 0 Å². The van der Waals surface area contributed by atoms with Crippen LogP contribution in [0, 0.1) is 0 Å². The zero-order chi connectivity index (χ0) is 23.3. The number of ether oxygens (including phenoxy) is 2. The maximum absolute atomic E-state index is 11.4. The van der Waals surface area contributed by atoms with Crippen LogP contribution >= 0.6 is 0 Å². The molecule has 0 bridgehead atoms. The fourth-order valence-electron chi connectivity index (χ4n) is 3.46. The number of phenolic OH excluding ortho intramolecular Hbond substituents is 2. The number of benzene rings is 2. The molecule has 174 valence electrons. The Hall–Kier alpha value is -3.06. The number of aromatic hydroxyl groups is 2. The van der Waals surface area contributed by atoms with Crippen molar-refractivity contribution in [2.75, 3.05) is 26.3 Å². The maximum atomic E-state index is 11.4. The second-order valence-corrected chi connectivity index (χ2v) is 7.58. The number of carbonyl (C=O) groups excluding carboxylic acids is 2. The van der Waals surface area contributed by atoms with Gasteiger partial charge in [0.15, 0.2) is 0 Å². The second kappa shape index (κ2) is 13.4. The van der Waals surface area contributed by atoms with E-state index in [2.05, 4.69) is 4.90 Å². The molecular formula is C25H33NO6. The smallest absolute Gasteiger partial charge is 0.310 e. The molecule has 1 heterocycles. The van der Waals surface area contributed by atoms with E-state index in [1.165, 1.54) is 12.8 Å². The molecule has 0 radical (unpaired) electrons. The van der Waals surface area contributed by atoms with Gasteiger partial charge in [-0.1, -0.05) is 24.3 Å². The minimum Gasteiger partial charge on any atom is -0.508 e. The highest BCUT2D eigenvalue weighted by atomic mass is 16.5. The highest BCUT2D eigenvalue weighted by molar-refractivity contribution is 5.73. The molecule has 2 aromatic rings. The molecule has 0 saturated carbocycles. The number of nitrogens with zero attached hydrogens (tertiary/aromatic N) is 1. The van der Waals surface area contributed by atoms with E-state index in [0.29, 0.717) is 13.2 Å². The molecule has 0 aliphatic carbocycles. The standard InChI is InChI=1S/C15H21NO3.C10H12O3/c1-2-19-15(18)10-12-5-6-13(14(17)9-12)11-16-7-3-4-8-16;1-2-13-10(12)7-8-4-3-5-9(11)6-8/h5-6,9,17H,2-4,7-8,10-11H2,1H3;3-6,11H,2,7H2,1H3. The first kappa shape index (κ1) is 25.2. The van der Waals surface area contributed by atoms with Crippen molar-refractivity contribution in [2.45, 2.75) is 46.1 Å². The zero-order valence-corrected chi connectivity index (χ0v) is 18.9. The average Bonchev–Trinajstić information content (AvgIpc) is 3.24. The first-order valence-electron chi connectivity index (χ1n) is 11.0. The third-order valence-electron chi connectivity index (χ3n) is 4.96. The van der Waals surface area contributed by atoms with E-state index in [4.69, 9.17) is 14.6 Å². The van der Waals surface area contributed by atoms with E-state index < -0.39 is 0 Å². The molecule has 0 unspecified atom stereocenters. The summed E-state index contributed by atoms with van der Waals surface area (Å²) in [7, 11) is 0. The quantitative estimate of drug-likeness (QED) is 0.602. The summed E-state index contributed by atoms with van der Waals surface area (Å²) in [6.07, 6.45) is 2.90. The van der Waals surface area contributed by atoms with Crippen molar-refractivity contribution in [3.63, 3.8) is 0 Å². The molecule has 7 nitrogen and oxygen atoms in total. The van der Waals surface area contributed by atoms with E-state index in [-0.39, 0.29) is 36.3 Å². The van der Waals surface area contributed by atoms with Crippen molar-refractivity contribution < 1.29 is 29.3 Å². The predicted octanol–water partition coefficient (Wildman–Crippen LogP) is 3.59. The largest absolute Gasteiger partial charge is 0.508 e. The molecule has 1 saturated heterocycles. The van der Waals surface area contributed by atoms with Crippen LogP contribution in [-0.4, -0.2) is 53.4 Å². The highest BCUT2D eigenvalue weighted by Crippen LogP contribution is 2.23. The van der Waals surface area contributed by atoms with Gasteiger partial charge < -0.3 is 19.7 Å². The molecule has 1 aliphatic heterocycles. The lowest BCUT2D eigenvalue weighted by molar-refractivity contribution is -0.143. The molecular weight excluding hydrogens is 410 g/mol. The van der Waals surface area contributed by atoms with Gasteiger partial charge in [-0.25, -0.2) is 0 Å². The Kier molecular flexibility index (Phi) is 10.5. The summed E-state index contributed by atoms with van der Waals surface area (Å²) >= 11 is 0. The molecule has 0 atom stereocenters. The maximum Gasteiger partial charge on any atom is 0.310 e. The monoisotopic (exact) mass is 443 g/mol. The fraction of sp³-hybridized carbons (Fsp3) is 0.440. The van der Waals surface area contributed by atoms with Crippen molar-refractivity contribution >= 4 is 11.9 Å². The lowest BCUT2D eigenvalue weighted by atomic mass is 10.1. The Bertz CT molecular complexity index is 876. The summed E-state index contributed by atoms with van der Waals surface area (Å²) in [5.74, 6) is -0.0854. The van der Waals surface area contributed by atoms with Crippen molar-refractivity contribution in [1.29, 1.82) is 0 Å².